The molecule has 2 aromatic rings. The zero-order valence-corrected chi connectivity index (χ0v) is 9.76. The van der Waals surface area contributed by atoms with Crippen LogP contribution >= 0.6 is 0 Å². The largest absolute Gasteiger partial charge is 0.332 e. The fourth-order valence-electron chi connectivity index (χ4n) is 1.90. The summed E-state index contributed by atoms with van der Waals surface area (Å²) in [4.78, 5) is 24.0. The van der Waals surface area contributed by atoms with Crippen LogP contribution in [0.25, 0.3) is 11.0 Å². The molecule has 0 saturated heterocycles. The summed E-state index contributed by atoms with van der Waals surface area (Å²) < 4.78 is 4.22. The molecule has 0 aliphatic rings. The van der Waals surface area contributed by atoms with Crippen molar-refractivity contribution in [3.05, 3.63) is 27.0 Å². The Kier molecular flexibility index (Phi) is 2.22. The Hall–Kier alpha value is -1.85. The van der Waals surface area contributed by atoms with Crippen molar-refractivity contribution in [1.29, 1.82) is 0 Å². The van der Waals surface area contributed by atoms with Crippen LogP contribution in [0.3, 0.4) is 0 Å². The van der Waals surface area contributed by atoms with E-state index in [1.54, 1.807) is 14.1 Å². The Bertz CT molecular complexity index is 660. The Balaban J connectivity index is 3.09. The molecule has 0 saturated carbocycles. The smallest absolute Gasteiger partial charge is 0.281 e. The summed E-state index contributed by atoms with van der Waals surface area (Å²) in [5, 5.41) is 4.47. The van der Waals surface area contributed by atoms with Gasteiger partial charge in [-0.2, -0.15) is 5.10 Å². The van der Waals surface area contributed by atoms with Gasteiger partial charge in [-0.05, 0) is 13.8 Å². The zero-order valence-electron chi connectivity index (χ0n) is 9.76. The molecule has 6 heteroatoms. The Morgan fingerprint density at radius 2 is 1.88 bits per heavy atom. The maximum absolute atomic E-state index is 12.1. The van der Waals surface area contributed by atoms with Gasteiger partial charge < -0.3 is 0 Å². The van der Waals surface area contributed by atoms with Gasteiger partial charge in [-0.3, -0.25) is 18.6 Å². The molecule has 0 radical (unpaired) electrons. The normalized spacial score (nSPS) is 11.6. The second-order valence-corrected chi connectivity index (χ2v) is 4.12. The van der Waals surface area contributed by atoms with Crippen molar-refractivity contribution >= 4 is 11.0 Å². The number of rotatable bonds is 1. The lowest BCUT2D eigenvalue weighted by atomic mass is 10.3. The quantitative estimate of drug-likeness (QED) is 0.683. The highest BCUT2D eigenvalue weighted by Gasteiger charge is 2.15. The maximum atomic E-state index is 12.1. The monoisotopic (exact) mass is 222 g/mol. The van der Waals surface area contributed by atoms with Crippen LogP contribution < -0.4 is 11.2 Å². The van der Waals surface area contributed by atoms with Crippen LogP contribution in [0.4, 0.5) is 0 Å². The highest BCUT2D eigenvalue weighted by Crippen LogP contribution is 2.06. The predicted octanol–water partition coefficient (Wildman–Crippen LogP) is 0.0146. The van der Waals surface area contributed by atoms with Gasteiger partial charge in [-0.1, -0.05) is 0 Å². The van der Waals surface area contributed by atoms with Crippen LogP contribution in [0.1, 0.15) is 19.9 Å². The first-order valence-electron chi connectivity index (χ1n) is 5.08. The van der Waals surface area contributed by atoms with Crippen LogP contribution in [0.2, 0.25) is 0 Å². The first kappa shape index (κ1) is 10.7. The van der Waals surface area contributed by atoms with E-state index < -0.39 is 0 Å². The number of nitrogens with zero attached hydrogens (tertiary/aromatic N) is 4. The van der Waals surface area contributed by atoms with Gasteiger partial charge in [0.05, 0.1) is 6.20 Å². The lowest BCUT2D eigenvalue weighted by molar-refractivity contribution is 0.529. The maximum Gasteiger partial charge on any atom is 0.332 e. The topological polar surface area (TPSA) is 61.8 Å². The number of fused-ring (bicyclic) bond motifs is 1. The molecule has 2 heterocycles. The summed E-state index contributed by atoms with van der Waals surface area (Å²) in [7, 11) is 3.35. The highest BCUT2D eigenvalue weighted by atomic mass is 16.2. The molecule has 86 valence electrons. The molecule has 16 heavy (non-hydrogen) atoms. The van der Waals surface area contributed by atoms with Gasteiger partial charge in [0.2, 0.25) is 0 Å². The SMILES string of the molecule is CC(C)n1c(=O)c2cnn(C)c2n(C)c1=O. The molecule has 0 amide bonds. The van der Waals surface area contributed by atoms with Crippen molar-refractivity contribution in [2.45, 2.75) is 19.9 Å². The minimum atomic E-state index is -0.309. The lowest BCUT2D eigenvalue weighted by Crippen LogP contribution is -2.40. The van der Waals surface area contributed by atoms with E-state index in [-0.39, 0.29) is 17.3 Å². The Morgan fingerprint density at radius 3 is 2.44 bits per heavy atom. The number of aromatic nitrogens is 4. The van der Waals surface area contributed by atoms with Gasteiger partial charge in [0.15, 0.2) is 0 Å². The summed E-state index contributed by atoms with van der Waals surface area (Å²) in [6.07, 6.45) is 1.50. The second-order valence-electron chi connectivity index (χ2n) is 4.12. The molecular formula is C10H14N4O2. The average Bonchev–Trinajstić information content (AvgIpc) is 2.57. The van der Waals surface area contributed by atoms with E-state index in [2.05, 4.69) is 5.10 Å². The van der Waals surface area contributed by atoms with E-state index in [9.17, 15) is 9.59 Å². The van der Waals surface area contributed by atoms with Gasteiger partial charge in [0.1, 0.15) is 11.0 Å². The van der Waals surface area contributed by atoms with E-state index in [1.807, 2.05) is 13.8 Å². The molecule has 0 aliphatic heterocycles. The Morgan fingerprint density at radius 1 is 1.25 bits per heavy atom. The van der Waals surface area contributed by atoms with Crippen LogP contribution in [-0.2, 0) is 14.1 Å². The van der Waals surface area contributed by atoms with Crippen LogP contribution in [0, 0.1) is 0 Å². The first-order chi connectivity index (χ1) is 7.45. The van der Waals surface area contributed by atoms with Gasteiger partial charge in [-0.15, -0.1) is 0 Å². The molecular weight excluding hydrogens is 208 g/mol. The average molecular weight is 222 g/mol. The van der Waals surface area contributed by atoms with Crippen molar-refractivity contribution in [1.82, 2.24) is 18.9 Å². The van der Waals surface area contributed by atoms with E-state index in [0.717, 1.165) is 0 Å². The van der Waals surface area contributed by atoms with Crippen LogP contribution in [0.15, 0.2) is 15.8 Å². The fraction of sp³-hybridized carbons (Fsp3) is 0.500. The number of hydrogen-bond donors (Lipinski definition) is 0. The van der Waals surface area contributed by atoms with Gasteiger partial charge in [0.25, 0.3) is 5.56 Å². The molecule has 0 bridgehead atoms. The molecule has 2 rings (SSSR count). The second kappa shape index (κ2) is 3.33. The minimum Gasteiger partial charge on any atom is -0.281 e. The van der Waals surface area contributed by atoms with E-state index in [4.69, 9.17) is 0 Å². The zero-order chi connectivity index (χ0) is 12.0. The van der Waals surface area contributed by atoms with E-state index >= 15 is 0 Å². The third-order valence-corrected chi connectivity index (χ3v) is 2.68. The van der Waals surface area contributed by atoms with Gasteiger partial charge in [0, 0.05) is 20.1 Å². The molecule has 0 aromatic carbocycles. The molecule has 0 N–H and O–H groups in total. The first-order valence-corrected chi connectivity index (χ1v) is 5.08. The molecule has 0 fully saturated rings. The van der Waals surface area contributed by atoms with Crippen molar-refractivity contribution in [3.8, 4) is 0 Å². The molecule has 6 nitrogen and oxygen atoms in total. The number of aryl methyl sites for hydroxylation is 2. The van der Waals surface area contributed by atoms with E-state index in [1.165, 1.54) is 20.0 Å². The van der Waals surface area contributed by atoms with Gasteiger partial charge in [-0.25, -0.2) is 4.79 Å². The Labute approximate surface area is 91.7 Å². The van der Waals surface area contributed by atoms with Crippen molar-refractivity contribution in [2.24, 2.45) is 14.1 Å². The summed E-state index contributed by atoms with van der Waals surface area (Å²) in [5.74, 6) is 0. The highest BCUT2D eigenvalue weighted by molar-refractivity contribution is 5.73. The van der Waals surface area contributed by atoms with Crippen molar-refractivity contribution in [2.75, 3.05) is 0 Å². The molecule has 0 atom stereocenters. The molecule has 0 unspecified atom stereocenters. The van der Waals surface area contributed by atoms with Crippen molar-refractivity contribution < 1.29 is 0 Å². The number of hydrogen-bond acceptors (Lipinski definition) is 3. The third-order valence-electron chi connectivity index (χ3n) is 2.68. The summed E-state index contributed by atoms with van der Waals surface area (Å²) in [6, 6.07) is -0.157. The van der Waals surface area contributed by atoms with Crippen molar-refractivity contribution in [3.63, 3.8) is 0 Å². The van der Waals surface area contributed by atoms with Crippen LogP contribution in [-0.4, -0.2) is 18.9 Å². The fourth-order valence-corrected chi connectivity index (χ4v) is 1.90. The predicted molar refractivity (Wildman–Crippen MR) is 60.6 cm³/mol. The van der Waals surface area contributed by atoms with E-state index in [0.29, 0.717) is 11.0 Å². The van der Waals surface area contributed by atoms with Crippen LogP contribution in [0.5, 0.6) is 0 Å². The summed E-state index contributed by atoms with van der Waals surface area (Å²) >= 11 is 0. The standard InChI is InChI=1S/C10H14N4O2/c1-6(2)14-9(15)7-5-11-13(4)8(7)12(3)10(14)16/h5-6H,1-4H3. The molecule has 2 aromatic heterocycles. The summed E-state index contributed by atoms with van der Waals surface area (Å²) in [5.41, 5.74) is -0.0378. The lowest BCUT2D eigenvalue weighted by Gasteiger charge is -2.11. The molecule has 0 spiro atoms. The minimum absolute atomic E-state index is 0.157. The summed E-state index contributed by atoms with van der Waals surface area (Å²) in [6.45, 7) is 3.62. The van der Waals surface area contributed by atoms with Gasteiger partial charge >= 0.3 is 5.69 Å². The third kappa shape index (κ3) is 1.22. The molecule has 0 aliphatic carbocycles.